The van der Waals surface area contributed by atoms with E-state index in [4.69, 9.17) is 9.15 Å². The number of benzene rings is 1. The van der Waals surface area contributed by atoms with Gasteiger partial charge in [0.25, 0.3) is 5.91 Å². The van der Waals surface area contributed by atoms with Gasteiger partial charge in [0.1, 0.15) is 5.58 Å². The number of furan rings is 1. The Labute approximate surface area is 125 Å². The van der Waals surface area contributed by atoms with Gasteiger partial charge in [-0.2, -0.15) is 0 Å². The molecule has 1 aromatic heterocycles. The number of carbonyl (C=O) groups is 1. The van der Waals surface area contributed by atoms with Crippen molar-refractivity contribution in [2.24, 2.45) is 0 Å². The van der Waals surface area contributed by atoms with Crippen molar-refractivity contribution < 1.29 is 13.9 Å². The van der Waals surface area contributed by atoms with E-state index in [0.29, 0.717) is 18.8 Å². The largest absolute Gasteiger partial charge is 0.451 e. The molecule has 1 saturated heterocycles. The fourth-order valence-corrected chi connectivity index (χ4v) is 2.90. The maximum absolute atomic E-state index is 12.5. The summed E-state index contributed by atoms with van der Waals surface area (Å²) in [5.41, 5.74) is 0.745. The zero-order valence-corrected chi connectivity index (χ0v) is 12.8. The fourth-order valence-electron chi connectivity index (χ4n) is 2.54. The highest BCUT2D eigenvalue weighted by atomic mass is 79.9. The Hall–Kier alpha value is -1.33. The van der Waals surface area contributed by atoms with Crippen LogP contribution in [0.2, 0.25) is 0 Å². The van der Waals surface area contributed by atoms with Gasteiger partial charge in [0, 0.05) is 23.8 Å². The van der Waals surface area contributed by atoms with Gasteiger partial charge in [-0.3, -0.25) is 4.79 Å². The van der Waals surface area contributed by atoms with E-state index in [1.807, 2.05) is 31.2 Å². The molecule has 0 saturated carbocycles. The molecule has 4 nitrogen and oxygen atoms in total. The van der Waals surface area contributed by atoms with Gasteiger partial charge in [-0.25, -0.2) is 0 Å². The van der Waals surface area contributed by atoms with E-state index in [0.717, 1.165) is 16.3 Å². The molecule has 2 heterocycles. The molecule has 0 spiro atoms. The minimum atomic E-state index is -0.0673. The van der Waals surface area contributed by atoms with E-state index in [1.165, 1.54) is 0 Å². The molecule has 0 radical (unpaired) electrons. The predicted octanol–water partition coefficient (Wildman–Crippen LogP) is 3.06. The van der Waals surface area contributed by atoms with Gasteiger partial charge in [-0.1, -0.05) is 34.1 Å². The van der Waals surface area contributed by atoms with Gasteiger partial charge in [0.15, 0.2) is 5.76 Å². The van der Waals surface area contributed by atoms with Crippen LogP contribution in [0.3, 0.4) is 0 Å². The van der Waals surface area contributed by atoms with E-state index in [-0.39, 0.29) is 18.1 Å². The van der Waals surface area contributed by atoms with Crippen LogP contribution in [0.1, 0.15) is 17.5 Å². The van der Waals surface area contributed by atoms with Crippen molar-refractivity contribution in [1.82, 2.24) is 4.90 Å². The monoisotopic (exact) mass is 337 g/mol. The van der Waals surface area contributed by atoms with Crippen LogP contribution < -0.4 is 0 Å². The van der Waals surface area contributed by atoms with Crippen molar-refractivity contribution in [3.63, 3.8) is 0 Å². The summed E-state index contributed by atoms with van der Waals surface area (Å²) in [5.74, 6) is 0.330. The molecule has 1 amide bonds. The first-order chi connectivity index (χ1) is 9.67. The molecule has 106 valence electrons. The molecule has 1 fully saturated rings. The highest BCUT2D eigenvalue weighted by Crippen LogP contribution is 2.22. The second kappa shape index (κ2) is 5.58. The predicted molar refractivity (Wildman–Crippen MR) is 80.2 cm³/mol. The normalized spacial score (nSPS) is 23.2. The Morgan fingerprint density at radius 3 is 2.95 bits per heavy atom. The number of halogens is 1. The minimum Gasteiger partial charge on any atom is -0.451 e. The average Bonchev–Trinajstić information content (AvgIpc) is 2.89. The lowest BCUT2D eigenvalue weighted by atomic mass is 10.2. The standard InChI is InChI=1S/C15H16BrNO3/c1-10-8-17(9-12(7-16)19-10)15(18)14-6-11-4-2-3-5-13(11)20-14/h2-6,10,12H,7-9H2,1H3. The molecular formula is C15H16BrNO3. The molecule has 0 bridgehead atoms. The summed E-state index contributed by atoms with van der Waals surface area (Å²) in [5, 5.41) is 1.68. The van der Waals surface area contributed by atoms with Crippen molar-refractivity contribution in [2.45, 2.75) is 19.1 Å². The Morgan fingerprint density at radius 2 is 2.20 bits per heavy atom. The SMILES string of the molecule is CC1CN(C(=O)c2cc3ccccc3o2)CC(CBr)O1. The number of para-hydroxylation sites is 1. The number of nitrogens with zero attached hydrogens (tertiary/aromatic N) is 1. The van der Waals surface area contributed by atoms with Crippen LogP contribution in [0.15, 0.2) is 34.7 Å². The summed E-state index contributed by atoms with van der Waals surface area (Å²) in [7, 11) is 0. The number of ether oxygens (including phenoxy) is 1. The maximum atomic E-state index is 12.5. The topological polar surface area (TPSA) is 42.7 Å². The van der Waals surface area contributed by atoms with Crippen LogP contribution in [-0.2, 0) is 4.74 Å². The third-order valence-electron chi connectivity index (χ3n) is 3.42. The minimum absolute atomic E-state index is 0.0343. The van der Waals surface area contributed by atoms with Crippen molar-refractivity contribution in [2.75, 3.05) is 18.4 Å². The van der Waals surface area contributed by atoms with Crippen LogP contribution in [-0.4, -0.2) is 41.4 Å². The van der Waals surface area contributed by atoms with Gasteiger partial charge in [0.2, 0.25) is 0 Å². The highest BCUT2D eigenvalue weighted by Gasteiger charge is 2.29. The lowest BCUT2D eigenvalue weighted by Gasteiger charge is -2.35. The van der Waals surface area contributed by atoms with Crippen molar-refractivity contribution >= 4 is 32.8 Å². The van der Waals surface area contributed by atoms with Crippen molar-refractivity contribution in [3.05, 3.63) is 36.1 Å². The number of hydrogen-bond donors (Lipinski definition) is 0. The van der Waals surface area contributed by atoms with E-state index in [1.54, 1.807) is 11.0 Å². The van der Waals surface area contributed by atoms with E-state index >= 15 is 0 Å². The molecule has 0 aliphatic carbocycles. The zero-order chi connectivity index (χ0) is 14.1. The van der Waals surface area contributed by atoms with Gasteiger partial charge < -0.3 is 14.1 Å². The lowest BCUT2D eigenvalue weighted by Crippen LogP contribution is -2.49. The molecular weight excluding hydrogens is 322 g/mol. The summed E-state index contributed by atoms with van der Waals surface area (Å²) in [6.45, 7) is 3.17. The Kier molecular flexibility index (Phi) is 3.81. The molecule has 2 unspecified atom stereocenters. The van der Waals surface area contributed by atoms with Crippen molar-refractivity contribution in [3.8, 4) is 0 Å². The average molecular weight is 338 g/mol. The summed E-state index contributed by atoms with van der Waals surface area (Å²) in [6, 6.07) is 9.46. The van der Waals surface area contributed by atoms with Crippen LogP contribution in [0.4, 0.5) is 0 Å². The first kappa shape index (κ1) is 13.6. The molecule has 20 heavy (non-hydrogen) atoms. The lowest BCUT2D eigenvalue weighted by molar-refractivity contribution is -0.0565. The molecule has 1 aliphatic rings. The Balaban J connectivity index is 1.84. The Bertz CT molecular complexity index is 591. The molecule has 2 aromatic rings. The van der Waals surface area contributed by atoms with E-state index in [9.17, 15) is 4.79 Å². The number of morpholine rings is 1. The second-order valence-electron chi connectivity index (χ2n) is 5.08. The van der Waals surface area contributed by atoms with E-state index in [2.05, 4.69) is 15.9 Å². The number of alkyl halides is 1. The summed E-state index contributed by atoms with van der Waals surface area (Å²) < 4.78 is 11.4. The van der Waals surface area contributed by atoms with Gasteiger partial charge in [-0.05, 0) is 19.1 Å². The Morgan fingerprint density at radius 1 is 1.40 bits per heavy atom. The third-order valence-corrected chi connectivity index (χ3v) is 4.14. The molecule has 5 heteroatoms. The van der Waals surface area contributed by atoms with Crippen LogP contribution in [0, 0.1) is 0 Å². The highest BCUT2D eigenvalue weighted by molar-refractivity contribution is 9.09. The summed E-state index contributed by atoms with van der Waals surface area (Å²) in [4.78, 5) is 14.3. The van der Waals surface area contributed by atoms with Gasteiger partial charge in [-0.15, -0.1) is 0 Å². The summed E-state index contributed by atoms with van der Waals surface area (Å²) >= 11 is 3.41. The summed E-state index contributed by atoms with van der Waals surface area (Å²) in [6.07, 6.45) is 0.0757. The first-order valence-electron chi connectivity index (χ1n) is 6.66. The number of rotatable bonds is 2. The van der Waals surface area contributed by atoms with Gasteiger partial charge in [0.05, 0.1) is 12.2 Å². The van der Waals surface area contributed by atoms with Crippen LogP contribution >= 0.6 is 15.9 Å². The van der Waals surface area contributed by atoms with E-state index < -0.39 is 0 Å². The quantitative estimate of drug-likeness (QED) is 0.791. The van der Waals surface area contributed by atoms with Crippen molar-refractivity contribution in [1.29, 1.82) is 0 Å². The maximum Gasteiger partial charge on any atom is 0.289 e. The molecule has 2 atom stereocenters. The number of hydrogen-bond acceptors (Lipinski definition) is 3. The third kappa shape index (κ3) is 2.60. The molecule has 1 aromatic carbocycles. The fraction of sp³-hybridized carbons (Fsp3) is 0.400. The first-order valence-corrected chi connectivity index (χ1v) is 7.79. The van der Waals surface area contributed by atoms with Crippen LogP contribution in [0.5, 0.6) is 0 Å². The van der Waals surface area contributed by atoms with Gasteiger partial charge >= 0.3 is 0 Å². The second-order valence-corrected chi connectivity index (χ2v) is 5.73. The number of amides is 1. The smallest absolute Gasteiger partial charge is 0.289 e. The molecule has 3 rings (SSSR count). The zero-order valence-electron chi connectivity index (χ0n) is 11.2. The molecule has 0 N–H and O–H groups in total. The molecule has 1 aliphatic heterocycles. The number of carbonyl (C=O) groups excluding carboxylic acids is 1. The van der Waals surface area contributed by atoms with Crippen LogP contribution in [0.25, 0.3) is 11.0 Å². The number of fused-ring (bicyclic) bond motifs is 1.